The lowest BCUT2D eigenvalue weighted by atomic mass is 10.1. The summed E-state index contributed by atoms with van der Waals surface area (Å²) in [5.74, 6) is 0.782. The number of nitrogens with zero attached hydrogens (tertiary/aromatic N) is 4. The average molecular weight is 495 g/mol. The van der Waals surface area contributed by atoms with Crippen LogP contribution in [0.2, 0.25) is 0 Å². The summed E-state index contributed by atoms with van der Waals surface area (Å²) in [6.07, 6.45) is 3.27. The van der Waals surface area contributed by atoms with Crippen molar-refractivity contribution in [3.05, 3.63) is 66.0 Å². The molecule has 0 unspecified atom stereocenters. The first kappa shape index (κ1) is 24.0. The number of aromatic nitrogens is 2. The monoisotopic (exact) mass is 494 g/mol. The molecule has 2 heterocycles. The van der Waals surface area contributed by atoms with Gasteiger partial charge in [-0.15, -0.1) is 0 Å². The highest BCUT2D eigenvalue weighted by molar-refractivity contribution is 8.14. The standard InChI is InChI=1S/C24H23N5O5S/c1-4-28-14-22(34-27-28)26-21(30)15-35-24-25-18(23(31)29(24)17-8-6-5-7-9-17)12-16-10-11-19(32-2)20(13-16)33-3/h5-14H,4,15H2,1-3H3/p+1/b18-12+. The van der Waals surface area contributed by atoms with Crippen LogP contribution in [0, 0.1) is 0 Å². The van der Waals surface area contributed by atoms with E-state index in [1.54, 1.807) is 43.3 Å². The van der Waals surface area contributed by atoms with Gasteiger partial charge in [0.1, 0.15) is 5.70 Å². The Kier molecular flexibility index (Phi) is 7.46. The molecule has 10 nitrogen and oxygen atoms in total. The van der Waals surface area contributed by atoms with Crippen LogP contribution in [0.15, 0.2) is 69.9 Å². The molecular formula is C24H24N5O5S+. The van der Waals surface area contributed by atoms with Gasteiger partial charge in [-0.3, -0.25) is 24.3 Å². The number of methoxy groups -OCH3 is 2. The number of anilines is 2. The van der Waals surface area contributed by atoms with E-state index in [9.17, 15) is 9.59 Å². The van der Waals surface area contributed by atoms with Crippen LogP contribution in [0.25, 0.3) is 6.08 Å². The Morgan fingerprint density at radius 1 is 1.17 bits per heavy atom. The molecule has 3 aromatic rings. The molecule has 1 aliphatic rings. The van der Waals surface area contributed by atoms with E-state index in [1.807, 2.05) is 43.3 Å². The largest absolute Gasteiger partial charge is 0.493 e. The Balaban J connectivity index is 1.57. The molecule has 2 aromatic carbocycles. The van der Waals surface area contributed by atoms with Crippen molar-refractivity contribution in [1.82, 2.24) is 5.27 Å². The number of carbonyl (C=O) groups is 2. The van der Waals surface area contributed by atoms with Gasteiger partial charge in [0.2, 0.25) is 11.2 Å². The van der Waals surface area contributed by atoms with Crippen molar-refractivity contribution in [3.63, 3.8) is 0 Å². The first-order valence-corrected chi connectivity index (χ1v) is 11.7. The first-order chi connectivity index (χ1) is 17.0. The second-order valence-electron chi connectivity index (χ2n) is 7.27. The Labute approximate surface area is 206 Å². The van der Waals surface area contributed by atoms with E-state index in [0.29, 0.717) is 28.9 Å². The van der Waals surface area contributed by atoms with Gasteiger partial charge in [-0.1, -0.05) is 40.7 Å². The molecule has 1 aliphatic heterocycles. The lowest BCUT2D eigenvalue weighted by Crippen LogP contribution is -2.33. The zero-order valence-electron chi connectivity index (χ0n) is 19.4. The summed E-state index contributed by atoms with van der Waals surface area (Å²) >= 11 is 1.15. The molecule has 0 spiro atoms. The lowest BCUT2D eigenvalue weighted by molar-refractivity contribution is -0.759. The summed E-state index contributed by atoms with van der Waals surface area (Å²) in [5, 5.41) is 6.82. The van der Waals surface area contributed by atoms with Crippen LogP contribution >= 0.6 is 11.8 Å². The summed E-state index contributed by atoms with van der Waals surface area (Å²) in [5.41, 5.74) is 1.61. The fourth-order valence-corrected chi connectivity index (χ4v) is 4.10. The van der Waals surface area contributed by atoms with Crippen molar-refractivity contribution in [3.8, 4) is 11.5 Å². The topological polar surface area (TPSA) is 110 Å². The molecular weight excluding hydrogens is 470 g/mol. The van der Waals surface area contributed by atoms with Gasteiger partial charge >= 0.3 is 5.88 Å². The normalized spacial score (nSPS) is 14.3. The highest BCUT2D eigenvalue weighted by Gasteiger charge is 2.32. The fraction of sp³-hybridized carbons (Fsp3) is 0.208. The number of hydrogen-bond donors (Lipinski definition) is 1. The van der Waals surface area contributed by atoms with E-state index < -0.39 is 0 Å². The van der Waals surface area contributed by atoms with Crippen molar-refractivity contribution < 1.29 is 28.3 Å². The second kappa shape index (κ2) is 10.9. The molecule has 0 aliphatic carbocycles. The lowest BCUT2D eigenvalue weighted by Gasteiger charge is -2.17. The van der Waals surface area contributed by atoms with Gasteiger partial charge < -0.3 is 9.47 Å². The van der Waals surface area contributed by atoms with Gasteiger partial charge in [-0.2, -0.15) is 0 Å². The highest BCUT2D eigenvalue weighted by atomic mass is 32.2. The average Bonchev–Trinajstić information content (AvgIpc) is 3.46. The van der Waals surface area contributed by atoms with Crippen molar-refractivity contribution in [2.24, 2.45) is 4.99 Å². The third-order valence-electron chi connectivity index (χ3n) is 4.98. The maximum Gasteiger partial charge on any atom is 0.302 e. The van der Waals surface area contributed by atoms with E-state index >= 15 is 0 Å². The van der Waals surface area contributed by atoms with Crippen LogP contribution in [0.4, 0.5) is 11.6 Å². The number of benzene rings is 2. The third kappa shape index (κ3) is 5.52. The van der Waals surface area contributed by atoms with Gasteiger partial charge in [0.15, 0.2) is 23.2 Å². The van der Waals surface area contributed by atoms with Gasteiger partial charge in [-0.25, -0.2) is 4.99 Å². The summed E-state index contributed by atoms with van der Waals surface area (Å²) in [4.78, 5) is 31.8. The number of aliphatic imine (C=N–C) groups is 1. The Morgan fingerprint density at radius 3 is 2.63 bits per heavy atom. The minimum absolute atomic E-state index is 0.0198. The quantitative estimate of drug-likeness (QED) is 0.378. The smallest absolute Gasteiger partial charge is 0.302 e. The maximum atomic E-state index is 13.3. The number of nitrogens with one attached hydrogen (secondary N) is 1. The summed E-state index contributed by atoms with van der Waals surface area (Å²) in [7, 11) is 3.10. The molecule has 0 bridgehead atoms. The van der Waals surface area contributed by atoms with Gasteiger partial charge in [0.25, 0.3) is 12.1 Å². The molecule has 0 fully saturated rings. The predicted octanol–water partition coefficient (Wildman–Crippen LogP) is 3.11. The molecule has 1 N–H and O–H groups in total. The maximum absolute atomic E-state index is 13.3. The van der Waals surface area contributed by atoms with Crippen LogP contribution in [-0.2, 0) is 16.1 Å². The van der Waals surface area contributed by atoms with Crippen molar-refractivity contribution in [2.45, 2.75) is 13.5 Å². The number of ether oxygens (including phenoxy) is 2. The van der Waals surface area contributed by atoms with Crippen LogP contribution in [0.1, 0.15) is 12.5 Å². The summed E-state index contributed by atoms with van der Waals surface area (Å²) < 4.78 is 17.3. The number of amidine groups is 1. The highest BCUT2D eigenvalue weighted by Crippen LogP contribution is 2.32. The number of carbonyl (C=O) groups excluding carboxylic acids is 2. The van der Waals surface area contributed by atoms with Crippen LogP contribution < -0.4 is 24.4 Å². The van der Waals surface area contributed by atoms with Crippen LogP contribution in [-0.4, -0.2) is 42.2 Å². The van der Waals surface area contributed by atoms with Crippen molar-refractivity contribution in [2.75, 3.05) is 30.2 Å². The molecule has 1 aromatic heterocycles. The molecule has 4 rings (SSSR count). The SMILES string of the molecule is CC[n+]1cc(NC(=O)CSC2=N/C(=C/c3ccc(OC)c(OC)c3)C(=O)N2c2ccccc2)on1. The Hall–Kier alpha value is -4.12. The summed E-state index contributed by atoms with van der Waals surface area (Å²) in [6, 6.07) is 14.5. The summed E-state index contributed by atoms with van der Waals surface area (Å²) in [6.45, 7) is 2.53. The van der Waals surface area contributed by atoms with E-state index in [1.165, 1.54) is 4.90 Å². The van der Waals surface area contributed by atoms with Crippen LogP contribution in [0.5, 0.6) is 11.5 Å². The van der Waals surface area contributed by atoms with Gasteiger partial charge in [0.05, 0.1) is 25.7 Å². The second-order valence-corrected chi connectivity index (χ2v) is 8.22. The van der Waals surface area contributed by atoms with Gasteiger partial charge in [0, 0.05) is 0 Å². The number of hydrogen-bond acceptors (Lipinski definition) is 8. The van der Waals surface area contributed by atoms with Crippen molar-refractivity contribution >= 4 is 46.4 Å². The van der Waals surface area contributed by atoms with E-state index in [4.69, 9.17) is 14.0 Å². The number of para-hydroxylation sites is 1. The minimum atomic E-state index is -0.310. The Bertz CT molecular complexity index is 1290. The zero-order chi connectivity index (χ0) is 24.8. The minimum Gasteiger partial charge on any atom is -0.493 e. The van der Waals surface area contributed by atoms with E-state index in [-0.39, 0.29) is 29.1 Å². The van der Waals surface area contributed by atoms with Gasteiger partial charge in [-0.05, 0) is 42.8 Å². The zero-order valence-corrected chi connectivity index (χ0v) is 20.2. The third-order valence-corrected chi connectivity index (χ3v) is 5.92. The fourth-order valence-electron chi connectivity index (χ4n) is 3.28. The molecule has 0 saturated carbocycles. The molecule has 180 valence electrons. The number of amides is 2. The molecule has 2 amide bonds. The predicted molar refractivity (Wildman–Crippen MR) is 132 cm³/mol. The molecule has 35 heavy (non-hydrogen) atoms. The number of aryl methyl sites for hydroxylation is 1. The molecule has 0 radical (unpaired) electrons. The van der Waals surface area contributed by atoms with Crippen LogP contribution in [0.3, 0.4) is 0 Å². The molecule has 0 saturated heterocycles. The first-order valence-electron chi connectivity index (χ1n) is 10.7. The number of thioether (sulfide) groups is 1. The van der Waals surface area contributed by atoms with Crippen molar-refractivity contribution in [1.29, 1.82) is 0 Å². The van der Waals surface area contributed by atoms with E-state index in [0.717, 1.165) is 17.3 Å². The molecule has 0 atom stereocenters. The molecule has 11 heteroatoms. The van der Waals surface area contributed by atoms with E-state index in [2.05, 4.69) is 15.6 Å². The number of rotatable bonds is 8. The Morgan fingerprint density at radius 2 is 1.94 bits per heavy atom.